The molecule has 4 rings (SSSR count). The third kappa shape index (κ3) is 3.28. The molecule has 136 valence electrons. The summed E-state index contributed by atoms with van der Waals surface area (Å²) in [6.07, 6.45) is 1.45. The number of methoxy groups -OCH3 is 1. The largest absolute Gasteiger partial charge is 0.495 e. The van der Waals surface area contributed by atoms with Crippen LogP contribution in [-0.2, 0) is 0 Å². The van der Waals surface area contributed by atoms with Crippen molar-refractivity contribution in [3.05, 3.63) is 60.3 Å². The predicted octanol–water partition coefficient (Wildman–Crippen LogP) is 3.03. The van der Waals surface area contributed by atoms with E-state index in [4.69, 9.17) is 4.74 Å². The van der Waals surface area contributed by atoms with Crippen molar-refractivity contribution in [3.8, 4) is 5.75 Å². The molecule has 1 atom stereocenters. The normalized spacial score (nSPS) is 16.8. The van der Waals surface area contributed by atoms with E-state index in [1.54, 1.807) is 7.11 Å². The second kappa shape index (κ2) is 7.40. The van der Waals surface area contributed by atoms with E-state index in [-0.39, 0.29) is 0 Å². The van der Waals surface area contributed by atoms with Gasteiger partial charge in [0.25, 0.3) is 0 Å². The molecule has 1 aliphatic rings. The molecule has 2 N–H and O–H groups in total. The molecular formula is C21H25N3O2. The second-order valence-electron chi connectivity index (χ2n) is 6.76. The smallest absolute Gasteiger partial charge is 0.142 e. The number of benzene rings is 2. The van der Waals surface area contributed by atoms with Crippen LogP contribution in [0.3, 0.4) is 0 Å². The Labute approximate surface area is 153 Å². The number of rotatable bonds is 5. The lowest BCUT2D eigenvalue weighted by atomic mass is 10.1. The fourth-order valence-electron chi connectivity index (χ4n) is 3.77. The van der Waals surface area contributed by atoms with E-state index in [0.29, 0.717) is 6.54 Å². The lowest BCUT2D eigenvalue weighted by molar-refractivity contribution is 0.110. The molecule has 5 nitrogen and oxygen atoms in total. The first-order valence-electron chi connectivity index (χ1n) is 9.10. The summed E-state index contributed by atoms with van der Waals surface area (Å²) in [5.41, 5.74) is 3.20. The molecule has 2 aromatic carbocycles. The number of anilines is 1. The maximum Gasteiger partial charge on any atom is 0.142 e. The number of nitrogens with zero attached hydrogens (tertiary/aromatic N) is 2. The third-order valence-electron chi connectivity index (χ3n) is 5.21. The van der Waals surface area contributed by atoms with E-state index in [9.17, 15) is 5.11 Å². The van der Waals surface area contributed by atoms with Gasteiger partial charge in [0.05, 0.1) is 18.9 Å². The number of aromatic nitrogens is 1. The minimum absolute atomic E-state index is 0.482. The Balaban J connectivity index is 1.39. The van der Waals surface area contributed by atoms with Gasteiger partial charge in [-0.2, -0.15) is 0 Å². The first kappa shape index (κ1) is 16.9. The summed E-state index contributed by atoms with van der Waals surface area (Å²) >= 11 is 0. The number of aromatic amines is 1. The van der Waals surface area contributed by atoms with Crippen LogP contribution in [0.25, 0.3) is 10.9 Å². The highest BCUT2D eigenvalue weighted by Gasteiger charge is 2.22. The summed E-state index contributed by atoms with van der Waals surface area (Å²) in [5.74, 6) is 0.916. The Morgan fingerprint density at radius 1 is 1.04 bits per heavy atom. The second-order valence-corrected chi connectivity index (χ2v) is 6.76. The highest BCUT2D eigenvalue weighted by Crippen LogP contribution is 2.29. The van der Waals surface area contributed by atoms with Crippen molar-refractivity contribution in [1.29, 1.82) is 0 Å². The molecular weight excluding hydrogens is 326 g/mol. The van der Waals surface area contributed by atoms with Crippen molar-refractivity contribution >= 4 is 16.6 Å². The zero-order chi connectivity index (χ0) is 17.9. The fraction of sp³-hybridized carbons (Fsp3) is 0.333. The summed E-state index contributed by atoms with van der Waals surface area (Å²) in [6, 6.07) is 16.3. The number of hydrogen-bond acceptors (Lipinski definition) is 4. The Bertz CT molecular complexity index is 868. The maximum atomic E-state index is 10.7. The SMILES string of the molecule is COc1ccccc1N1CCN(CC(O)c2c[nH]c3ccccc23)CC1. The first-order valence-corrected chi connectivity index (χ1v) is 9.10. The van der Waals surface area contributed by atoms with Crippen LogP contribution in [-0.4, -0.2) is 54.8 Å². The van der Waals surface area contributed by atoms with Gasteiger partial charge in [0.15, 0.2) is 0 Å². The topological polar surface area (TPSA) is 51.7 Å². The van der Waals surface area contributed by atoms with Gasteiger partial charge >= 0.3 is 0 Å². The van der Waals surface area contributed by atoms with E-state index in [0.717, 1.165) is 54.1 Å². The van der Waals surface area contributed by atoms with Crippen LogP contribution in [0.4, 0.5) is 5.69 Å². The van der Waals surface area contributed by atoms with Crippen molar-refractivity contribution in [3.63, 3.8) is 0 Å². The number of fused-ring (bicyclic) bond motifs is 1. The van der Waals surface area contributed by atoms with E-state index in [1.165, 1.54) is 0 Å². The summed E-state index contributed by atoms with van der Waals surface area (Å²) < 4.78 is 5.48. The Morgan fingerprint density at radius 2 is 1.77 bits per heavy atom. The van der Waals surface area contributed by atoms with Crippen molar-refractivity contribution in [2.45, 2.75) is 6.10 Å². The van der Waals surface area contributed by atoms with Crippen molar-refractivity contribution < 1.29 is 9.84 Å². The number of ether oxygens (including phenoxy) is 1. The van der Waals surface area contributed by atoms with Crippen LogP contribution in [0.1, 0.15) is 11.7 Å². The molecule has 0 saturated carbocycles. The molecule has 0 radical (unpaired) electrons. The highest BCUT2D eigenvalue weighted by atomic mass is 16.5. The van der Waals surface area contributed by atoms with E-state index in [2.05, 4.69) is 26.9 Å². The van der Waals surface area contributed by atoms with Crippen LogP contribution in [0.2, 0.25) is 0 Å². The molecule has 2 heterocycles. The van der Waals surface area contributed by atoms with Gasteiger partial charge in [0.2, 0.25) is 0 Å². The van der Waals surface area contributed by atoms with Gasteiger partial charge in [0.1, 0.15) is 5.75 Å². The van der Waals surface area contributed by atoms with Gasteiger partial charge in [-0.15, -0.1) is 0 Å². The van der Waals surface area contributed by atoms with Crippen LogP contribution in [0.15, 0.2) is 54.7 Å². The number of aliphatic hydroxyl groups is 1. The molecule has 0 bridgehead atoms. The van der Waals surface area contributed by atoms with Gasteiger partial charge in [-0.1, -0.05) is 30.3 Å². The van der Waals surface area contributed by atoms with Gasteiger partial charge in [0, 0.05) is 55.4 Å². The number of β-amino-alcohol motifs (C(OH)–C–C–N with tert-alkyl or cyclic N) is 1. The summed E-state index contributed by atoms with van der Waals surface area (Å²) in [4.78, 5) is 7.93. The molecule has 0 spiro atoms. The quantitative estimate of drug-likeness (QED) is 0.742. The fourth-order valence-corrected chi connectivity index (χ4v) is 3.77. The molecule has 1 unspecified atom stereocenters. The number of para-hydroxylation sites is 3. The third-order valence-corrected chi connectivity index (χ3v) is 5.21. The molecule has 0 amide bonds. The Morgan fingerprint density at radius 3 is 2.58 bits per heavy atom. The number of hydrogen-bond donors (Lipinski definition) is 2. The number of piperazine rings is 1. The highest BCUT2D eigenvalue weighted by molar-refractivity contribution is 5.83. The molecule has 5 heteroatoms. The van der Waals surface area contributed by atoms with E-state index >= 15 is 0 Å². The van der Waals surface area contributed by atoms with Crippen LogP contribution < -0.4 is 9.64 Å². The zero-order valence-corrected chi connectivity index (χ0v) is 15.1. The Hall–Kier alpha value is -2.50. The minimum atomic E-state index is -0.482. The van der Waals surface area contributed by atoms with E-state index < -0.39 is 6.10 Å². The molecule has 1 aliphatic heterocycles. The van der Waals surface area contributed by atoms with Crippen LogP contribution in [0.5, 0.6) is 5.75 Å². The van der Waals surface area contributed by atoms with Crippen LogP contribution >= 0.6 is 0 Å². The Kier molecular flexibility index (Phi) is 4.82. The van der Waals surface area contributed by atoms with E-state index in [1.807, 2.05) is 42.6 Å². The number of H-pyrrole nitrogens is 1. The van der Waals surface area contributed by atoms with Crippen molar-refractivity contribution in [1.82, 2.24) is 9.88 Å². The zero-order valence-electron chi connectivity index (χ0n) is 15.1. The van der Waals surface area contributed by atoms with Gasteiger partial charge < -0.3 is 19.7 Å². The average molecular weight is 351 g/mol. The van der Waals surface area contributed by atoms with Crippen molar-refractivity contribution in [2.24, 2.45) is 0 Å². The summed E-state index contributed by atoms with van der Waals surface area (Å²) in [5, 5.41) is 11.8. The summed E-state index contributed by atoms with van der Waals surface area (Å²) in [6.45, 7) is 4.37. The minimum Gasteiger partial charge on any atom is -0.495 e. The maximum absolute atomic E-state index is 10.7. The van der Waals surface area contributed by atoms with Crippen LogP contribution in [0, 0.1) is 0 Å². The molecule has 3 aromatic rings. The lowest BCUT2D eigenvalue weighted by Crippen LogP contribution is -2.47. The van der Waals surface area contributed by atoms with Gasteiger partial charge in [-0.05, 0) is 18.2 Å². The molecule has 1 saturated heterocycles. The van der Waals surface area contributed by atoms with Gasteiger partial charge in [-0.3, -0.25) is 4.90 Å². The lowest BCUT2D eigenvalue weighted by Gasteiger charge is -2.37. The molecule has 1 fully saturated rings. The monoisotopic (exact) mass is 351 g/mol. The van der Waals surface area contributed by atoms with Gasteiger partial charge in [-0.25, -0.2) is 0 Å². The molecule has 0 aliphatic carbocycles. The number of aliphatic hydroxyl groups excluding tert-OH is 1. The molecule has 1 aromatic heterocycles. The average Bonchev–Trinajstić information content (AvgIpc) is 3.13. The molecule has 26 heavy (non-hydrogen) atoms. The van der Waals surface area contributed by atoms with Crippen molar-refractivity contribution in [2.75, 3.05) is 44.7 Å². The first-order chi connectivity index (χ1) is 12.8. The predicted molar refractivity (Wildman–Crippen MR) is 105 cm³/mol. The summed E-state index contributed by atoms with van der Waals surface area (Å²) in [7, 11) is 1.71. The number of nitrogens with one attached hydrogen (secondary N) is 1. The standard InChI is InChI=1S/C21H25N3O2/c1-26-21-9-5-4-8-19(21)24-12-10-23(11-13-24)15-20(25)17-14-22-18-7-3-2-6-16(17)18/h2-9,14,20,22,25H,10-13,15H2,1H3.